The smallest absolute Gasteiger partial charge is 0.191 e. The van der Waals surface area contributed by atoms with Gasteiger partial charge < -0.3 is 24.8 Å². The zero-order chi connectivity index (χ0) is 21.0. The maximum atomic E-state index is 13.9. The molecule has 30 heavy (non-hydrogen) atoms. The summed E-state index contributed by atoms with van der Waals surface area (Å²) >= 11 is 0. The summed E-state index contributed by atoms with van der Waals surface area (Å²) in [5.41, 5.74) is 0.908. The van der Waals surface area contributed by atoms with Crippen molar-refractivity contribution >= 4 is 5.96 Å². The average molecular weight is 416 g/mol. The van der Waals surface area contributed by atoms with Crippen molar-refractivity contribution < 1.29 is 18.6 Å². The molecule has 1 saturated heterocycles. The van der Waals surface area contributed by atoms with Crippen LogP contribution in [0.3, 0.4) is 0 Å². The molecular formula is C23H30FN3O3. The highest BCUT2D eigenvalue weighted by molar-refractivity contribution is 5.79. The molecule has 3 rings (SSSR count). The molecule has 0 aliphatic carbocycles. The number of hydrogen-bond acceptors (Lipinski definition) is 4. The van der Waals surface area contributed by atoms with Crippen LogP contribution in [0.1, 0.15) is 18.4 Å². The maximum absolute atomic E-state index is 13.9. The number of rotatable bonds is 10. The van der Waals surface area contributed by atoms with Gasteiger partial charge in [-0.2, -0.15) is 0 Å². The van der Waals surface area contributed by atoms with E-state index >= 15 is 0 Å². The van der Waals surface area contributed by atoms with E-state index in [0.717, 1.165) is 44.8 Å². The summed E-state index contributed by atoms with van der Waals surface area (Å²) in [6.45, 7) is 4.41. The third-order valence-electron chi connectivity index (χ3n) is 4.83. The van der Waals surface area contributed by atoms with Crippen molar-refractivity contribution in [3.63, 3.8) is 0 Å². The van der Waals surface area contributed by atoms with Gasteiger partial charge >= 0.3 is 0 Å². The van der Waals surface area contributed by atoms with Crippen molar-refractivity contribution in [2.75, 3.05) is 40.0 Å². The number of nitrogens with one attached hydrogen (secondary N) is 2. The summed E-state index contributed by atoms with van der Waals surface area (Å²) < 4.78 is 30.7. The Balaban J connectivity index is 1.41. The summed E-state index contributed by atoms with van der Waals surface area (Å²) in [5, 5.41) is 6.55. The molecule has 1 fully saturated rings. The minimum Gasteiger partial charge on any atom is -0.454 e. The quantitative estimate of drug-likeness (QED) is 0.352. The van der Waals surface area contributed by atoms with Crippen LogP contribution in [0, 0.1) is 11.7 Å². The zero-order valence-electron chi connectivity index (χ0n) is 17.4. The third kappa shape index (κ3) is 7.00. The van der Waals surface area contributed by atoms with E-state index in [1.807, 2.05) is 24.3 Å². The molecule has 2 aromatic rings. The van der Waals surface area contributed by atoms with Crippen LogP contribution in [0.2, 0.25) is 0 Å². The number of halogens is 1. The van der Waals surface area contributed by atoms with Gasteiger partial charge in [0, 0.05) is 44.8 Å². The largest absolute Gasteiger partial charge is 0.454 e. The standard InChI is InChI=1S/C23H30FN3O3/c1-25-23(26-12-6-13-28-16-18-11-14-29-17-18)27-15-19-7-2-4-9-21(19)30-22-10-5-3-8-20(22)24/h2-5,7-10,18H,6,11-17H2,1H3,(H2,25,26,27). The fourth-order valence-electron chi connectivity index (χ4n) is 3.14. The van der Waals surface area contributed by atoms with Crippen molar-refractivity contribution in [3.05, 3.63) is 59.9 Å². The molecule has 2 aromatic carbocycles. The number of benzene rings is 2. The lowest BCUT2D eigenvalue weighted by atomic mass is 10.1. The van der Waals surface area contributed by atoms with Crippen molar-refractivity contribution in [2.45, 2.75) is 19.4 Å². The molecule has 1 unspecified atom stereocenters. The van der Waals surface area contributed by atoms with Gasteiger partial charge in [-0.15, -0.1) is 0 Å². The van der Waals surface area contributed by atoms with Gasteiger partial charge in [-0.05, 0) is 31.0 Å². The molecule has 1 heterocycles. The summed E-state index contributed by atoms with van der Waals surface area (Å²) in [6.07, 6.45) is 1.98. The molecule has 7 heteroatoms. The van der Waals surface area contributed by atoms with Crippen LogP contribution < -0.4 is 15.4 Å². The Morgan fingerprint density at radius 2 is 1.93 bits per heavy atom. The summed E-state index contributed by atoms with van der Waals surface area (Å²) in [7, 11) is 1.73. The first-order chi connectivity index (χ1) is 14.8. The molecule has 2 N–H and O–H groups in total. The van der Waals surface area contributed by atoms with E-state index in [-0.39, 0.29) is 11.6 Å². The predicted molar refractivity (Wildman–Crippen MR) is 115 cm³/mol. The van der Waals surface area contributed by atoms with Crippen LogP contribution in [0.25, 0.3) is 0 Å². The maximum Gasteiger partial charge on any atom is 0.191 e. The highest BCUT2D eigenvalue weighted by atomic mass is 19.1. The molecule has 0 spiro atoms. The lowest BCUT2D eigenvalue weighted by molar-refractivity contribution is 0.0888. The zero-order valence-corrected chi connectivity index (χ0v) is 17.4. The van der Waals surface area contributed by atoms with E-state index < -0.39 is 0 Å². The van der Waals surface area contributed by atoms with Crippen molar-refractivity contribution in [1.82, 2.24) is 10.6 Å². The minimum absolute atomic E-state index is 0.205. The molecular weight excluding hydrogens is 385 g/mol. The number of ether oxygens (including phenoxy) is 3. The van der Waals surface area contributed by atoms with E-state index in [1.165, 1.54) is 6.07 Å². The van der Waals surface area contributed by atoms with Crippen LogP contribution in [0.15, 0.2) is 53.5 Å². The highest BCUT2D eigenvalue weighted by Gasteiger charge is 2.15. The van der Waals surface area contributed by atoms with Crippen LogP contribution >= 0.6 is 0 Å². The van der Waals surface area contributed by atoms with Crippen LogP contribution in [-0.4, -0.2) is 46.0 Å². The van der Waals surface area contributed by atoms with Gasteiger partial charge in [0.2, 0.25) is 0 Å². The fourth-order valence-corrected chi connectivity index (χ4v) is 3.14. The van der Waals surface area contributed by atoms with Gasteiger partial charge in [-0.25, -0.2) is 4.39 Å². The second kappa shape index (κ2) is 12.1. The number of guanidine groups is 1. The van der Waals surface area contributed by atoms with Crippen molar-refractivity contribution in [3.8, 4) is 11.5 Å². The molecule has 1 aliphatic heterocycles. The third-order valence-corrected chi connectivity index (χ3v) is 4.83. The molecule has 6 nitrogen and oxygen atoms in total. The first-order valence-electron chi connectivity index (χ1n) is 10.4. The molecule has 162 valence electrons. The number of para-hydroxylation sites is 2. The average Bonchev–Trinajstić information content (AvgIpc) is 3.29. The van der Waals surface area contributed by atoms with Crippen molar-refractivity contribution in [2.24, 2.45) is 10.9 Å². The molecule has 0 amide bonds. The monoisotopic (exact) mass is 415 g/mol. The molecule has 1 aliphatic rings. The minimum atomic E-state index is -0.389. The summed E-state index contributed by atoms with van der Waals surface area (Å²) in [5.74, 6) is 1.66. The van der Waals surface area contributed by atoms with Gasteiger partial charge in [0.25, 0.3) is 0 Å². The van der Waals surface area contributed by atoms with E-state index in [4.69, 9.17) is 14.2 Å². The van der Waals surface area contributed by atoms with Gasteiger partial charge in [-0.1, -0.05) is 30.3 Å². The Morgan fingerprint density at radius 3 is 2.70 bits per heavy atom. The first kappa shape index (κ1) is 22.1. The Morgan fingerprint density at radius 1 is 1.13 bits per heavy atom. The second-order valence-electron chi connectivity index (χ2n) is 7.15. The lowest BCUT2D eigenvalue weighted by Crippen LogP contribution is -2.37. The van der Waals surface area contributed by atoms with Gasteiger partial charge in [-0.3, -0.25) is 4.99 Å². The normalized spacial score (nSPS) is 16.5. The van der Waals surface area contributed by atoms with E-state index in [1.54, 1.807) is 25.2 Å². The fraction of sp³-hybridized carbons (Fsp3) is 0.435. The van der Waals surface area contributed by atoms with Crippen LogP contribution in [-0.2, 0) is 16.0 Å². The van der Waals surface area contributed by atoms with E-state index in [9.17, 15) is 4.39 Å². The molecule has 0 bridgehead atoms. The summed E-state index contributed by atoms with van der Waals surface area (Å²) in [6, 6.07) is 13.9. The lowest BCUT2D eigenvalue weighted by Gasteiger charge is -2.15. The van der Waals surface area contributed by atoms with E-state index in [2.05, 4.69) is 15.6 Å². The Labute approximate surface area is 177 Å². The second-order valence-corrected chi connectivity index (χ2v) is 7.15. The van der Waals surface area contributed by atoms with Crippen LogP contribution in [0.4, 0.5) is 4.39 Å². The molecule has 0 radical (unpaired) electrons. The Hall–Kier alpha value is -2.64. The topological polar surface area (TPSA) is 64.1 Å². The van der Waals surface area contributed by atoms with Gasteiger partial charge in [0.15, 0.2) is 17.5 Å². The number of hydrogen-bond donors (Lipinski definition) is 2. The SMILES string of the molecule is CN=C(NCCCOCC1CCOC1)NCc1ccccc1Oc1ccccc1F. The molecule has 1 atom stereocenters. The Bertz CT molecular complexity index is 810. The van der Waals surface area contributed by atoms with Gasteiger partial charge in [0.1, 0.15) is 5.75 Å². The van der Waals surface area contributed by atoms with Crippen LogP contribution in [0.5, 0.6) is 11.5 Å². The highest BCUT2D eigenvalue weighted by Crippen LogP contribution is 2.27. The summed E-state index contributed by atoms with van der Waals surface area (Å²) in [4.78, 5) is 4.25. The van der Waals surface area contributed by atoms with Gasteiger partial charge in [0.05, 0.1) is 13.2 Å². The molecule has 0 aromatic heterocycles. The Kier molecular flexibility index (Phi) is 8.93. The van der Waals surface area contributed by atoms with Crippen molar-refractivity contribution in [1.29, 1.82) is 0 Å². The van der Waals surface area contributed by atoms with E-state index in [0.29, 0.717) is 30.8 Å². The number of nitrogens with zero attached hydrogens (tertiary/aromatic N) is 1. The first-order valence-corrected chi connectivity index (χ1v) is 10.4. The number of aliphatic imine (C=N–C) groups is 1. The predicted octanol–water partition coefficient (Wildman–Crippen LogP) is 3.73. The molecule has 0 saturated carbocycles.